The molecule has 2 unspecified atom stereocenters. The first-order valence-corrected chi connectivity index (χ1v) is 9.58. The molecule has 1 aromatic heterocycles. The van der Waals surface area contributed by atoms with Gasteiger partial charge in [-0.1, -0.05) is 24.4 Å². The Hall–Kier alpha value is -0.290. The van der Waals surface area contributed by atoms with Crippen molar-refractivity contribution < 1.29 is 4.79 Å². The molecule has 3 rings (SSSR count). The summed E-state index contributed by atoms with van der Waals surface area (Å²) in [6.07, 6.45) is 8.06. The lowest BCUT2D eigenvalue weighted by molar-refractivity contribution is -0.133. The number of halogens is 2. The summed E-state index contributed by atoms with van der Waals surface area (Å²) in [5.74, 6) is 0.231. The summed E-state index contributed by atoms with van der Waals surface area (Å²) in [5.41, 5.74) is 0. The first-order chi connectivity index (χ1) is 10.6. The first kappa shape index (κ1) is 19.0. The highest BCUT2D eigenvalue weighted by atomic mass is 35.5. The van der Waals surface area contributed by atoms with Crippen molar-refractivity contribution in [3.05, 3.63) is 21.3 Å². The topological polar surface area (TPSA) is 23.6 Å². The molecule has 130 valence electrons. The lowest BCUT2D eigenvalue weighted by atomic mass is 9.88. The quantitative estimate of drug-likeness (QED) is 0.784. The molecule has 6 heteroatoms. The van der Waals surface area contributed by atoms with Crippen LogP contribution in [0.1, 0.15) is 43.4 Å². The minimum Gasteiger partial charge on any atom is -0.341 e. The number of hydrogen-bond acceptors (Lipinski definition) is 3. The lowest BCUT2D eigenvalue weighted by Gasteiger charge is -2.42. The van der Waals surface area contributed by atoms with E-state index < -0.39 is 0 Å². The van der Waals surface area contributed by atoms with E-state index in [0.717, 1.165) is 15.6 Å². The number of hydrogen-bond donors (Lipinski definition) is 0. The fourth-order valence-electron chi connectivity index (χ4n) is 3.95. The molecule has 0 spiro atoms. The van der Waals surface area contributed by atoms with Crippen LogP contribution >= 0.6 is 35.3 Å². The molecule has 1 aliphatic carbocycles. The molecule has 2 atom stereocenters. The van der Waals surface area contributed by atoms with Crippen molar-refractivity contribution in [3.63, 3.8) is 0 Å². The van der Waals surface area contributed by atoms with Crippen LogP contribution in [0.15, 0.2) is 12.1 Å². The van der Waals surface area contributed by atoms with Crippen LogP contribution in [0.2, 0.25) is 4.34 Å². The highest BCUT2D eigenvalue weighted by Gasteiger charge is 2.35. The van der Waals surface area contributed by atoms with Crippen LogP contribution in [0.4, 0.5) is 0 Å². The van der Waals surface area contributed by atoms with Crippen LogP contribution < -0.4 is 0 Å². The van der Waals surface area contributed by atoms with Gasteiger partial charge in [0.1, 0.15) is 0 Å². The number of likely N-dealkylation sites (N-methyl/N-ethyl adjacent to an activating group) is 1. The third-order valence-corrected chi connectivity index (χ3v) is 6.38. The molecule has 1 saturated carbocycles. The molecule has 1 aliphatic heterocycles. The molecular weight excluding hydrogens is 351 g/mol. The lowest BCUT2D eigenvalue weighted by Crippen LogP contribution is -2.53. The fourth-order valence-corrected chi connectivity index (χ4v) is 5.03. The van der Waals surface area contributed by atoms with E-state index in [1.54, 1.807) is 0 Å². The Labute approximate surface area is 154 Å². The van der Waals surface area contributed by atoms with Crippen LogP contribution in [0.25, 0.3) is 0 Å². The molecule has 23 heavy (non-hydrogen) atoms. The Balaban J connectivity index is 0.00000192. The molecule has 0 bridgehead atoms. The summed E-state index contributed by atoms with van der Waals surface area (Å²) in [7, 11) is 2.00. The molecule has 0 aromatic carbocycles. The summed E-state index contributed by atoms with van der Waals surface area (Å²) in [6, 6.07) is 4.80. The normalized spacial score (nSPS) is 25.1. The molecule has 2 fully saturated rings. The zero-order chi connectivity index (χ0) is 15.5. The van der Waals surface area contributed by atoms with Gasteiger partial charge in [0.15, 0.2) is 0 Å². The maximum Gasteiger partial charge on any atom is 0.227 e. The van der Waals surface area contributed by atoms with Crippen molar-refractivity contribution in [2.45, 2.75) is 57.0 Å². The Bertz CT molecular complexity index is 516. The van der Waals surface area contributed by atoms with E-state index in [1.807, 2.05) is 24.1 Å². The van der Waals surface area contributed by atoms with Crippen LogP contribution in [0.3, 0.4) is 0 Å². The maximum absolute atomic E-state index is 12.7. The summed E-state index contributed by atoms with van der Waals surface area (Å²) in [4.78, 5) is 18.4. The van der Waals surface area contributed by atoms with E-state index in [9.17, 15) is 4.79 Å². The molecule has 2 aliphatic rings. The van der Waals surface area contributed by atoms with Gasteiger partial charge in [-0.05, 0) is 50.9 Å². The fraction of sp³-hybridized carbons (Fsp3) is 0.706. The van der Waals surface area contributed by atoms with E-state index in [2.05, 4.69) is 4.90 Å². The van der Waals surface area contributed by atoms with Gasteiger partial charge in [-0.25, -0.2) is 0 Å². The molecule has 1 amide bonds. The average Bonchev–Trinajstić information content (AvgIpc) is 3.18. The number of likely N-dealkylation sites (tertiary alicyclic amines) is 1. The van der Waals surface area contributed by atoms with Crippen molar-refractivity contribution >= 4 is 41.3 Å². The zero-order valence-electron chi connectivity index (χ0n) is 13.7. The Morgan fingerprint density at radius 2 is 1.96 bits per heavy atom. The van der Waals surface area contributed by atoms with Gasteiger partial charge in [-0.2, -0.15) is 0 Å². The van der Waals surface area contributed by atoms with Crippen LogP contribution in [0.5, 0.6) is 0 Å². The average molecular weight is 377 g/mol. The molecule has 0 N–H and O–H groups in total. The minimum absolute atomic E-state index is 0. The van der Waals surface area contributed by atoms with Crippen molar-refractivity contribution in [2.75, 3.05) is 20.1 Å². The van der Waals surface area contributed by atoms with Gasteiger partial charge in [0.05, 0.1) is 10.8 Å². The van der Waals surface area contributed by atoms with Gasteiger partial charge in [0.25, 0.3) is 0 Å². The van der Waals surface area contributed by atoms with Gasteiger partial charge >= 0.3 is 0 Å². The number of carbonyl (C=O) groups excluding carboxylic acids is 1. The number of thiophene rings is 1. The Morgan fingerprint density at radius 3 is 2.61 bits per heavy atom. The van der Waals surface area contributed by atoms with Gasteiger partial charge in [-0.3, -0.25) is 9.69 Å². The molecule has 3 nitrogen and oxygen atoms in total. The second-order valence-electron chi connectivity index (χ2n) is 6.55. The second-order valence-corrected chi connectivity index (χ2v) is 8.35. The monoisotopic (exact) mass is 376 g/mol. The van der Waals surface area contributed by atoms with Crippen molar-refractivity contribution in [1.82, 2.24) is 9.80 Å². The second kappa shape index (κ2) is 8.70. The van der Waals surface area contributed by atoms with Crippen molar-refractivity contribution in [2.24, 2.45) is 0 Å². The van der Waals surface area contributed by atoms with Crippen LogP contribution in [-0.2, 0) is 11.2 Å². The van der Waals surface area contributed by atoms with E-state index >= 15 is 0 Å². The highest BCUT2D eigenvalue weighted by Crippen LogP contribution is 2.30. The molecule has 2 heterocycles. The summed E-state index contributed by atoms with van der Waals surface area (Å²) < 4.78 is 0.762. The van der Waals surface area contributed by atoms with E-state index in [1.165, 1.54) is 56.5 Å². The summed E-state index contributed by atoms with van der Waals surface area (Å²) in [5, 5.41) is 0. The highest BCUT2D eigenvalue weighted by molar-refractivity contribution is 7.16. The maximum atomic E-state index is 12.7. The van der Waals surface area contributed by atoms with Crippen molar-refractivity contribution in [1.29, 1.82) is 0 Å². The van der Waals surface area contributed by atoms with E-state index in [-0.39, 0.29) is 18.3 Å². The Morgan fingerprint density at radius 1 is 1.26 bits per heavy atom. The zero-order valence-corrected chi connectivity index (χ0v) is 16.1. The van der Waals surface area contributed by atoms with Gasteiger partial charge in [-0.15, -0.1) is 23.7 Å². The van der Waals surface area contributed by atoms with Crippen molar-refractivity contribution in [3.8, 4) is 0 Å². The minimum atomic E-state index is 0. The molecular formula is C17H26Cl2N2OS. The van der Waals surface area contributed by atoms with Gasteiger partial charge < -0.3 is 4.90 Å². The molecule has 0 radical (unpaired) electrons. The number of rotatable bonds is 4. The predicted octanol–water partition coefficient (Wildman–Crippen LogP) is 4.23. The van der Waals surface area contributed by atoms with Crippen LogP contribution in [0, 0.1) is 0 Å². The Kier molecular flexibility index (Phi) is 7.20. The first-order valence-electron chi connectivity index (χ1n) is 8.39. The summed E-state index contributed by atoms with van der Waals surface area (Å²) >= 11 is 7.48. The largest absolute Gasteiger partial charge is 0.341 e. The standard InChI is InChI=1S/C17H25ClN2OS.ClH/c1-19(17(21)12-13-8-9-16(18)22-13)14-6-2-3-7-15(14)20-10-4-5-11-20;/h8-9,14-15H,2-7,10-12H2,1H3;1H. The number of amides is 1. The SMILES string of the molecule is CN(C(=O)Cc1ccc(Cl)s1)C1CCCCC1N1CCCC1.Cl. The number of carbonyl (C=O) groups is 1. The van der Waals surface area contributed by atoms with Gasteiger partial charge in [0, 0.05) is 24.0 Å². The smallest absolute Gasteiger partial charge is 0.227 e. The van der Waals surface area contributed by atoms with Gasteiger partial charge in [0.2, 0.25) is 5.91 Å². The molecule has 1 saturated heterocycles. The van der Waals surface area contributed by atoms with E-state index in [4.69, 9.17) is 11.6 Å². The predicted molar refractivity (Wildman–Crippen MR) is 99.9 cm³/mol. The van der Waals surface area contributed by atoms with Crippen LogP contribution in [-0.4, -0.2) is 47.9 Å². The summed E-state index contributed by atoms with van der Waals surface area (Å²) in [6.45, 7) is 2.42. The third-order valence-electron chi connectivity index (χ3n) is 5.15. The number of nitrogens with zero attached hydrogens (tertiary/aromatic N) is 2. The molecule has 1 aromatic rings. The van der Waals surface area contributed by atoms with E-state index in [0.29, 0.717) is 18.5 Å². The third kappa shape index (κ3) is 4.62.